The van der Waals surface area contributed by atoms with Crippen LogP contribution >= 0.6 is 0 Å². The molecule has 0 unspecified atom stereocenters. The number of H-pyrrole nitrogens is 2. The van der Waals surface area contributed by atoms with E-state index in [9.17, 15) is 17.6 Å². The molecule has 1 fully saturated rings. The first-order valence-electron chi connectivity index (χ1n) is 11.8. The number of aromatic nitrogens is 6. The minimum Gasteiger partial charge on any atom is -0.298 e. The minimum atomic E-state index is -1.19. The van der Waals surface area contributed by atoms with Crippen LogP contribution in [-0.4, -0.2) is 48.4 Å². The van der Waals surface area contributed by atoms with Crippen LogP contribution in [0.4, 0.5) is 17.6 Å². The predicted molar refractivity (Wildman–Crippen MR) is 128 cm³/mol. The van der Waals surface area contributed by atoms with Crippen molar-refractivity contribution in [3.8, 4) is 22.6 Å². The van der Waals surface area contributed by atoms with E-state index in [0.717, 1.165) is 19.4 Å². The molecular formula is C26H21F4N7. The Hall–Kier alpha value is -4.12. The van der Waals surface area contributed by atoms with E-state index in [4.69, 9.17) is 0 Å². The van der Waals surface area contributed by atoms with Crippen LogP contribution in [0.3, 0.4) is 0 Å². The van der Waals surface area contributed by atoms with Gasteiger partial charge >= 0.3 is 0 Å². The van der Waals surface area contributed by atoms with Gasteiger partial charge in [-0.25, -0.2) is 23.1 Å². The Balaban J connectivity index is 1.25. The fourth-order valence-corrected chi connectivity index (χ4v) is 4.87. The van der Waals surface area contributed by atoms with Gasteiger partial charge in [-0.05, 0) is 55.8 Å². The number of pyridine rings is 1. The maximum absolute atomic E-state index is 14.4. The Bertz CT molecular complexity index is 1580. The number of piperidine rings is 1. The molecule has 1 aliphatic heterocycles. The third-order valence-electron chi connectivity index (χ3n) is 6.76. The smallest absolute Gasteiger partial charge is 0.249 e. The number of likely N-dealkylation sites (tertiary alicyclic amines) is 1. The monoisotopic (exact) mass is 507 g/mol. The standard InChI is InChI=1S/C26H21F4N7/c27-19-4-1-5-20(28)18(19)13-37-10-2-3-15(12-37)26-32-25(35-36-26)14-6-7-21-17(11-14)23(34-33-21)16-8-9-31-24(30)22(16)29/h1,4-9,11,15H,2-3,10,12-13H2,(H,33,34)(H,32,35,36)/t15-/m1/s1. The molecule has 3 aromatic heterocycles. The maximum atomic E-state index is 14.4. The molecule has 188 valence electrons. The van der Waals surface area contributed by atoms with Crippen LogP contribution in [0.1, 0.15) is 30.1 Å². The van der Waals surface area contributed by atoms with Gasteiger partial charge in [-0.1, -0.05) is 6.07 Å². The molecule has 0 aliphatic carbocycles. The molecule has 7 nitrogen and oxygen atoms in total. The lowest BCUT2D eigenvalue weighted by Crippen LogP contribution is -2.34. The summed E-state index contributed by atoms with van der Waals surface area (Å²) in [4.78, 5) is 10.0. The number of rotatable bonds is 5. The summed E-state index contributed by atoms with van der Waals surface area (Å²) in [6.07, 6.45) is 2.91. The summed E-state index contributed by atoms with van der Waals surface area (Å²) in [5, 5.41) is 15.0. The summed E-state index contributed by atoms with van der Waals surface area (Å²) in [7, 11) is 0. The molecule has 0 bridgehead atoms. The molecule has 2 aromatic carbocycles. The molecule has 2 N–H and O–H groups in total. The molecule has 11 heteroatoms. The van der Waals surface area contributed by atoms with Gasteiger partial charge in [0.1, 0.15) is 23.2 Å². The lowest BCUT2D eigenvalue weighted by molar-refractivity contribution is 0.192. The van der Waals surface area contributed by atoms with E-state index >= 15 is 0 Å². The Morgan fingerprint density at radius 3 is 2.65 bits per heavy atom. The Labute approximate surface area is 208 Å². The van der Waals surface area contributed by atoms with Crippen LogP contribution in [0, 0.1) is 23.4 Å². The zero-order valence-corrected chi connectivity index (χ0v) is 19.5. The quantitative estimate of drug-likeness (QED) is 0.248. The summed E-state index contributed by atoms with van der Waals surface area (Å²) in [5.41, 5.74) is 1.65. The second-order valence-corrected chi connectivity index (χ2v) is 9.11. The summed E-state index contributed by atoms with van der Waals surface area (Å²) >= 11 is 0. The van der Waals surface area contributed by atoms with Crippen molar-refractivity contribution in [1.82, 2.24) is 35.3 Å². The van der Waals surface area contributed by atoms with Crippen LogP contribution in [0.15, 0.2) is 48.7 Å². The van der Waals surface area contributed by atoms with Gasteiger partial charge in [-0.15, -0.1) is 0 Å². The number of aromatic amines is 2. The van der Waals surface area contributed by atoms with Crippen molar-refractivity contribution in [2.24, 2.45) is 0 Å². The van der Waals surface area contributed by atoms with E-state index in [1.807, 2.05) is 11.0 Å². The fraction of sp³-hybridized carbons (Fsp3) is 0.231. The maximum Gasteiger partial charge on any atom is 0.249 e. The van der Waals surface area contributed by atoms with Crippen LogP contribution in [0.5, 0.6) is 0 Å². The van der Waals surface area contributed by atoms with Crippen molar-refractivity contribution in [3.05, 3.63) is 83.4 Å². The summed E-state index contributed by atoms with van der Waals surface area (Å²) in [5.74, 6) is -2.21. The number of nitrogens with one attached hydrogen (secondary N) is 2. The lowest BCUT2D eigenvalue weighted by Gasteiger charge is -2.31. The molecule has 0 amide bonds. The molecule has 1 atom stereocenters. The van der Waals surface area contributed by atoms with E-state index in [0.29, 0.717) is 34.7 Å². The fourth-order valence-electron chi connectivity index (χ4n) is 4.87. The van der Waals surface area contributed by atoms with E-state index in [1.165, 1.54) is 30.5 Å². The Kier molecular flexibility index (Phi) is 5.91. The zero-order chi connectivity index (χ0) is 25.5. The molecule has 5 aromatic rings. The zero-order valence-electron chi connectivity index (χ0n) is 19.5. The number of fused-ring (bicyclic) bond motifs is 1. The highest BCUT2D eigenvalue weighted by Crippen LogP contribution is 2.32. The molecule has 6 rings (SSSR count). The third-order valence-corrected chi connectivity index (χ3v) is 6.76. The highest BCUT2D eigenvalue weighted by Gasteiger charge is 2.26. The second kappa shape index (κ2) is 9.40. The van der Waals surface area contributed by atoms with E-state index in [-0.39, 0.29) is 29.3 Å². The van der Waals surface area contributed by atoms with Gasteiger partial charge < -0.3 is 0 Å². The first-order chi connectivity index (χ1) is 18.0. The summed E-state index contributed by atoms with van der Waals surface area (Å²) < 4.78 is 56.3. The van der Waals surface area contributed by atoms with Gasteiger partial charge in [0, 0.05) is 47.3 Å². The third kappa shape index (κ3) is 4.35. The van der Waals surface area contributed by atoms with Gasteiger partial charge in [0.15, 0.2) is 11.6 Å². The number of hydrogen-bond donors (Lipinski definition) is 2. The number of hydrogen-bond acceptors (Lipinski definition) is 5. The molecule has 1 saturated heterocycles. The van der Waals surface area contributed by atoms with Gasteiger partial charge in [0.05, 0.1) is 5.52 Å². The summed E-state index contributed by atoms with van der Waals surface area (Å²) in [6, 6.07) is 10.6. The van der Waals surface area contributed by atoms with Gasteiger partial charge in [-0.3, -0.25) is 15.1 Å². The molecule has 37 heavy (non-hydrogen) atoms. The highest BCUT2D eigenvalue weighted by molar-refractivity contribution is 5.95. The Morgan fingerprint density at radius 2 is 1.81 bits per heavy atom. The van der Waals surface area contributed by atoms with E-state index in [2.05, 4.69) is 30.4 Å². The first kappa shape index (κ1) is 23.3. The second-order valence-electron chi connectivity index (χ2n) is 9.11. The molecule has 0 spiro atoms. The predicted octanol–water partition coefficient (Wildman–Crippen LogP) is 5.35. The average molecular weight is 507 g/mol. The van der Waals surface area contributed by atoms with Crippen molar-refractivity contribution >= 4 is 10.9 Å². The Morgan fingerprint density at radius 1 is 0.973 bits per heavy atom. The number of nitrogens with zero attached hydrogens (tertiary/aromatic N) is 5. The van der Waals surface area contributed by atoms with E-state index < -0.39 is 23.4 Å². The number of halogens is 4. The molecule has 1 aliphatic rings. The highest BCUT2D eigenvalue weighted by atomic mass is 19.2. The van der Waals surface area contributed by atoms with Crippen LogP contribution < -0.4 is 0 Å². The van der Waals surface area contributed by atoms with Crippen LogP contribution in [0.2, 0.25) is 0 Å². The molecule has 0 saturated carbocycles. The van der Waals surface area contributed by atoms with Crippen LogP contribution in [-0.2, 0) is 6.54 Å². The first-order valence-corrected chi connectivity index (χ1v) is 11.8. The average Bonchev–Trinajstić information content (AvgIpc) is 3.56. The largest absolute Gasteiger partial charge is 0.298 e. The van der Waals surface area contributed by atoms with Crippen molar-refractivity contribution in [2.45, 2.75) is 25.3 Å². The SMILES string of the molecule is Fc1cccc(F)c1CN1CCC[C@@H](c2nc(-c3ccc4[nH]nc(-c5ccnc(F)c5F)c4c3)n[nH]2)C1. The van der Waals surface area contributed by atoms with E-state index in [1.54, 1.807) is 12.1 Å². The van der Waals surface area contributed by atoms with Crippen molar-refractivity contribution < 1.29 is 17.6 Å². The lowest BCUT2D eigenvalue weighted by atomic mass is 9.97. The van der Waals surface area contributed by atoms with Crippen molar-refractivity contribution in [1.29, 1.82) is 0 Å². The molecular weight excluding hydrogens is 486 g/mol. The topological polar surface area (TPSA) is 86.4 Å². The molecule has 4 heterocycles. The van der Waals surface area contributed by atoms with Crippen molar-refractivity contribution in [3.63, 3.8) is 0 Å². The van der Waals surface area contributed by atoms with Crippen LogP contribution in [0.25, 0.3) is 33.5 Å². The normalized spacial score (nSPS) is 16.5. The summed E-state index contributed by atoms with van der Waals surface area (Å²) in [6.45, 7) is 1.50. The number of benzene rings is 2. The van der Waals surface area contributed by atoms with Gasteiger partial charge in [-0.2, -0.15) is 14.6 Å². The minimum absolute atomic E-state index is 0.000151. The molecule has 0 radical (unpaired) electrons. The van der Waals surface area contributed by atoms with Gasteiger partial charge in [0.25, 0.3) is 0 Å². The van der Waals surface area contributed by atoms with Crippen molar-refractivity contribution in [2.75, 3.05) is 13.1 Å². The van der Waals surface area contributed by atoms with Gasteiger partial charge in [0.2, 0.25) is 5.95 Å².